The molecule has 0 radical (unpaired) electrons. The van der Waals surface area contributed by atoms with Crippen molar-refractivity contribution in [1.29, 1.82) is 0 Å². The third kappa shape index (κ3) is 4.79. The van der Waals surface area contributed by atoms with E-state index in [1.54, 1.807) is 18.8 Å². The van der Waals surface area contributed by atoms with Gasteiger partial charge >= 0.3 is 0 Å². The van der Waals surface area contributed by atoms with Crippen molar-refractivity contribution in [1.82, 2.24) is 10.2 Å². The summed E-state index contributed by atoms with van der Waals surface area (Å²) in [6.07, 6.45) is 3.03. The van der Waals surface area contributed by atoms with E-state index in [0.717, 1.165) is 29.4 Å². The number of thioether (sulfide) groups is 1. The lowest BCUT2D eigenvalue weighted by molar-refractivity contribution is 0.0968. The van der Waals surface area contributed by atoms with Gasteiger partial charge in [0.15, 0.2) is 0 Å². The Kier molecular flexibility index (Phi) is 7.34. The van der Waals surface area contributed by atoms with Crippen LogP contribution in [0, 0.1) is 0 Å². The standard InChI is InChI=1S/C14H26N4OS2/c1-9(2)18(4)8-6-7-17-14-12(20-5)10(15)11(21-14)13(19)16-3/h9,17H,6-8,15H2,1-5H3,(H,16,19). The Hall–Kier alpha value is -0.920. The van der Waals surface area contributed by atoms with Crippen LogP contribution in [0.4, 0.5) is 10.7 Å². The van der Waals surface area contributed by atoms with Crippen molar-refractivity contribution in [2.24, 2.45) is 0 Å². The second kappa shape index (κ2) is 8.51. The van der Waals surface area contributed by atoms with E-state index in [1.165, 1.54) is 11.3 Å². The number of nitrogens with zero attached hydrogens (tertiary/aromatic N) is 1. The highest BCUT2D eigenvalue weighted by atomic mass is 32.2. The van der Waals surface area contributed by atoms with Crippen molar-refractivity contribution in [3.8, 4) is 0 Å². The van der Waals surface area contributed by atoms with E-state index in [0.29, 0.717) is 16.6 Å². The van der Waals surface area contributed by atoms with Crippen molar-refractivity contribution < 1.29 is 4.79 Å². The quantitative estimate of drug-likeness (QED) is 0.505. The van der Waals surface area contributed by atoms with E-state index in [-0.39, 0.29) is 5.91 Å². The first-order valence-electron chi connectivity index (χ1n) is 7.04. The molecule has 0 fully saturated rings. The van der Waals surface area contributed by atoms with Gasteiger partial charge in [0, 0.05) is 19.6 Å². The summed E-state index contributed by atoms with van der Waals surface area (Å²) in [4.78, 5) is 15.7. The van der Waals surface area contributed by atoms with Gasteiger partial charge in [-0.1, -0.05) is 0 Å². The molecule has 1 heterocycles. The van der Waals surface area contributed by atoms with E-state index >= 15 is 0 Å². The van der Waals surface area contributed by atoms with Crippen LogP contribution in [-0.4, -0.2) is 50.3 Å². The normalized spacial score (nSPS) is 11.2. The summed E-state index contributed by atoms with van der Waals surface area (Å²) in [7, 11) is 3.75. The summed E-state index contributed by atoms with van der Waals surface area (Å²) in [6, 6.07) is 0.559. The van der Waals surface area contributed by atoms with Gasteiger partial charge in [0.1, 0.15) is 9.88 Å². The summed E-state index contributed by atoms with van der Waals surface area (Å²) in [5.74, 6) is -0.125. The molecule has 0 aromatic carbocycles. The predicted octanol–water partition coefficient (Wildman–Crippen LogP) is 2.55. The number of thiophene rings is 1. The predicted molar refractivity (Wildman–Crippen MR) is 94.8 cm³/mol. The molecule has 21 heavy (non-hydrogen) atoms. The maximum Gasteiger partial charge on any atom is 0.263 e. The van der Waals surface area contributed by atoms with Gasteiger partial charge in [0.05, 0.1) is 10.6 Å². The molecule has 5 nitrogen and oxygen atoms in total. The SMILES string of the molecule is CNC(=O)c1sc(NCCCN(C)C(C)C)c(SC)c1N. The van der Waals surface area contributed by atoms with Gasteiger partial charge in [-0.25, -0.2) is 0 Å². The number of anilines is 2. The minimum Gasteiger partial charge on any atom is -0.396 e. The Labute approximate surface area is 135 Å². The van der Waals surface area contributed by atoms with Gasteiger partial charge in [0.25, 0.3) is 5.91 Å². The smallest absolute Gasteiger partial charge is 0.263 e. The molecule has 1 aromatic rings. The summed E-state index contributed by atoms with van der Waals surface area (Å²) in [5, 5.41) is 7.03. The lowest BCUT2D eigenvalue weighted by Crippen LogP contribution is -2.28. The van der Waals surface area contributed by atoms with E-state index in [4.69, 9.17) is 5.73 Å². The topological polar surface area (TPSA) is 70.4 Å². The zero-order chi connectivity index (χ0) is 16.0. The van der Waals surface area contributed by atoms with Gasteiger partial charge < -0.3 is 21.3 Å². The summed E-state index contributed by atoms with van der Waals surface area (Å²) < 4.78 is 0. The molecule has 0 spiro atoms. The van der Waals surface area contributed by atoms with Crippen molar-refractivity contribution in [2.75, 3.05) is 44.5 Å². The van der Waals surface area contributed by atoms with Gasteiger partial charge in [0.2, 0.25) is 0 Å². The molecule has 0 unspecified atom stereocenters. The highest BCUT2D eigenvalue weighted by Crippen LogP contribution is 2.41. The molecule has 1 amide bonds. The molecular formula is C14H26N4OS2. The lowest BCUT2D eigenvalue weighted by Gasteiger charge is -2.20. The van der Waals surface area contributed by atoms with Crippen LogP contribution in [0.1, 0.15) is 29.9 Å². The molecular weight excluding hydrogens is 304 g/mol. The van der Waals surface area contributed by atoms with E-state index in [1.807, 2.05) is 6.26 Å². The van der Waals surface area contributed by atoms with E-state index in [9.17, 15) is 4.79 Å². The van der Waals surface area contributed by atoms with Crippen LogP contribution in [0.15, 0.2) is 4.90 Å². The number of nitrogen functional groups attached to an aromatic ring is 1. The first-order valence-corrected chi connectivity index (χ1v) is 9.08. The van der Waals surface area contributed by atoms with Crippen LogP contribution in [-0.2, 0) is 0 Å². The third-order valence-electron chi connectivity index (χ3n) is 3.39. The third-order valence-corrected chi connectivity index (χ3v) is 5.52. The number of hydrogen-bond donors (Lipinski definition) is 3. The number of carbonyl (C=O) groups is 1. The Balaban J connectivity index is 2.64. The Morgan fingerprint density at radius 1 is 1.48 bits per heavy atom. The molecule has 1 aromatic heterocycles. The monoisotopic (exact) mass is 330 g/mol. The maximum atomic E-state index is 11.8. The molecule has 4 N–H and O–H groups in total. The average Bonchev–Trinajstić information content (AvgIpc) is 2.78. The average molecular weight is 331 g/mol. The number of carbonyl (C=O) groups excluding carboxylic acids is 1. The lowest BCUT2D eigenvalue weighted by atomic mass is 10.3. The molecule has 0 saturated heterocycles. The van der Waals surface area contributed by atoms with Gasteiger partial charge in [-0.2, -0.15) is 0 Å². The zero-order valence-corrected chi connectivity index (χ0v) is 15.1. The summed E-state index contributed by atoms with van der Waals surface area (Å²) in [5.41, 5.74) is 6.64. The number of nitrogens with two attached hydrogens (primary N) is 1. The fourth-order valence-corrected chi connectivity index (χ4v) is 3.83. The van der Waals surface area contributed by atoms with Crippen molar-refractivity contribution in [3.05, 3.63) is 4.88 Å². The molecule has 0 aliphatic rings. The molecule has 0 aliphatic heterocycles. The van der Waals surface area contributed by atoms with Crippen LogP contribution < -0.4 is 16.4 Å². The fraction of sp³-hybridized carbons (Fsp3) is 0.643. The number of hydrogen-bond acceptors (Lipinski definition) is 6. The summed E-state index contributed by atoms with van der Waals surface area (Å²) in [6.45, 7) is 6.30. The molecule has 1 rings (SSSR count). The highest BCUT2D eigenvalue weighted by molar-refractivity contribution is 7.99. The van der Waals surface area contributed by atoms with Crippen molar-refractivity contribution in [3.63, 3.8) is 0 Å². The first kappa shape index (κ1) is 18.1. The molecule has 0 aliphatic carbocycles. The maximum absolute atomic E-state index is 11.8. The Morgan fingerprint density at radius 3 is 2.67 bits per heavy atom. The van der Waals surface area contributed by atoms with Crippen LogP contribution in [0.25, 0.3) is 0 Å². The number of rotatable bonds is 8. The number of nitrogens with one attached hydrogen (secondary N) is 2. The first-order chi connectivity index (χ1) is 9.92. The molecule has 120 valence electrons. The van der Waals surface area contributed by atoms with Gasteiger partial charge in [-0.3, -0.25) is 4.79 Å². The highest BCUT2D eigenvalue weighted by Gasteiger charge is 2.19. The van der Waals surface area contributed by atoms with Crippen LogP contribution >= 0.6 is 23.1 Å². The van der Waals surface area contributed by atoms with Crippen LogP contribution in [0.3, 0.4) is 0 Å². The second-order valence-electron chi connectivity index (χ2n) is 5.14. The summed E-state index contributed by atoms with van der Waals surface area (Å²) >= 11 is 3.00. The van der Waals surface area contributed by atoms with E-state index < -0.39 is 0 Å². The van der Waals surface area contributed by atoms with Crippen molar-refractivity contribution >= 4 is 39.7 Å². The molecule has 0 saturated carbocycles. The molecule has 0 atom stereocenters. The van der Waals surface area contributed by atoms with Gasteiger partial charge in [-0.05, 0) is 40.1 Å². The Bertz CT molecular complexity index is 474. The van der Waals surface area contributed by atoms with E-state index in [2.05, 4.69) is 36.4 Å². The molecule has 0 bridgehead atoms. The van der Waals surface area contributed by atoms with Crippen LogP contribution in [0.2, 0.25) is 0 Å². The number of amides is 1. The van der Waals surface area contributed by atoms with Gasteiger partial charge in [-0.15, -0.1) is 23.1 Å². The van der Waals surface area contributed by atoms with Crippen molar-refractivity contribution in [2.45, 2.75) is 31.2 Å². The fourth-order valence-electron chi connectivity index (χ4n) is 1.82. The largest absolute Gasteiger partial charge is 0.396 e. The zero-order valence-electron chi connectivity index (χ0n) is 13.4. The van der Waals surface area contributed by atoms with Crippen LogP contribution in [0.5, 0.6) is 0 Å². The molecule has 7 heteroatoms. The minimum absolute atomic E-state index is 0.125. The Morgan fingerprint density at radius 2 is 2.14 bits per heavy atom. The minimum atomic E-state index is -0.125. The second-order valence-corrected chi connectivity index (χ2v) is 6.98.